The summed E-state index contributed by atoms with van der Waals surface area (Å²) in [5.41, 5.74) is 3.77. The number of rotatable bonds is 1. The predicted octanol–water partition coefficient (Wildman–Crippen LogP) is 5.98. The molecule has 1 heterocycles. The molecule has 0 aliphatic heterocycles. The molecule has 2 aromatic carbocycles. The van der Waals surface area contributed by atoms with Crippen molar-refractivity contribution in [3.8, 4) is 11.4 Å². The van der Waals surface area contributed by atoms with Gasteiger partial charge >= 0.3 is 0 Å². The number of hydrogen-bond acceptors (Lipinski definition) is 2. The zero-order valence-electron chi connectivity index (χ0n) is 11.4. The highest BCUT2D eigenvalue weighted by Gasteiger charge is 2.11. The fourth-order valence-electron chi connectivity index (χ4n) is 2.15. The number of hydrogen-bond donors (Lipinski definition) is 0. The first-order valence-electron chi connectivity index (χ1n) is 6.35. The highest BCUT2D eigenvalue weighted by molar-refractivity contribution is 9.10. The fourth-order valence-corrected chi connectivity index (χ4v) is 3.22. The van der Waals surface area contributed by atoms with E-state index < -0.39 is 0 Å². The van der Waals surface area contributed by atoms with Gasteiger partial charge in [-0.2, -0.15) is 0 Å². The molecule has 0 radical (unpaired) electrons. The van der Waals surface area contributed by atoms with Crippen LogP contribution in [-0.2, 0) is 0 Å². The molecule has 0 bridgehead atoms. The summed E-state index contributed by atoms with van der Waals surface area (Å²) in [5.74, 6) is 0.568. The second-order valence-corrected chi connectivity index (χ2v) is 6.56. The summed E-state index contributed by atoms with van der Waals surface area (Å²) < 4.78 is 0.904. The van der Waals surface area contributed by atoms with Gasteiger partial charge in [0, 0.05) is 20.4 Å². The van der Waals surface area contributed by atoms with Gasteiger partial charge in [-0.15, -0.1) is 0 Å². The summed E-state index contributed by atoms with van der Waals surface area (Å²) in [7, 11) is 0. The molecule has 3 rings (SSSR count). The van der Waals surface area contributed by atoms with Crippen LogP contribution in [0, 0.1) is 13.8 Å². The van der Waals surface area contributed by atoms with Crippen LogP contribution in [0.15, 0.2) is 34.8 Å². The quantitative estimate of drug-likeness (QED) is 0.484. The van der Waals surface area contributed by atoms with Crippen molar-refractivity contribution >= 4 is 50.0 Å². The Balaban J connectivity index is 2.27. The van der Waals surface area contributed by atoms with E-state index in [0.717, 1.165) is 32.1 Å². The van der Waals surface area contributed by atoms with Crippen LogP contribution in [-0.4, -0.2) is 9.97 Å². The lowest BCUT2D eigenvalue weighted by Crippen LogP contribution is -1.94. The molecule has 1 aromatic heterocycles. The van der Waals surface area contributed by atoms with E-state index in [4.69, 9.17) is 23.2 Å². The van der Waals surface area contributed by atoms with E-state index in [1.165, 1.54) is 0 Å². The molecule has 0 amide bonds. The lowest BCUT2D eigenvalue weighted by atomic mass is 10.1. The second-order valence-electron chi connectivity index (χ2n) is 4.94. The van der Waals surface area contributed by atoms with Crippen molar-refractivity contribution in [2.24, 2.45) is 0 Å². The van der Waals surface area contributed by atoms with E-state index in [-0.39, 0.29) is 0 Å². The third kappa shape index (κ3) is 2.78. The number of aromatic nitrogens is 2. The molecule has 0 unspecified atom stereocenters. The summed E-state index contributed by atoms with van der Waals surface area (Å²) >= 11 is 16.0. The van der Waals surface area contributed by atoms with E-state index in [1.54, 1.807) is 0 Å². The number of fused-ring (bicyclic) bond motifs is 1. The van der Waals surface area contributed by atoms with E-state index in [0.29, 0.717) is 16.0 Å². The summed E-state index contributed by atoms with van der Waals surface area (Å²) in [4.78, 5) is 9.02. The third-order valence-corrected chi connectivity index (χ3v) is 4.58. The van der Waals surface area contributed by atoms with E-state index in [9.17, 15) is 0 Å². The van der Waals surface area contributed by atoms with Gasteiger partial charge in [0.25, 0.3) is 0 Å². The normalized spacial score (nSPS) is 11.1. The van der Waals surface area contributed by atoms with Crippen molar-refractivity contribution in [3.05, 3.63) is 56.1 Å². The molecule has 3 aromatic rings. The summed E-state index contributed by atoms with van der Waals surface area (Å²) in [6.07, 6.45) is 0. The molecule has 0 saturated carbocycles. The van der Waals surface area contributed by atoms with Crippen molar-refractivity contribution in [1.82, 2.24) is 9.97 Å². The minimum absolute atomic E-state index is 0.441. The summed E-state index contributed by atoms with van der Waals surface area (Å²) in [6.45, 7) is 3.97. The van der Waals surface area contributed by atoms with Crippen molar-refractivity contribution in [3.63, 3.8) is 0 Å². The van der Waals surface area contributed by atoms with Gasteiger partial charge in [0.2, 0.25) is 0 Å². The van der Waals surface area contributed by atoms with Crippen LogP contribution in [0.25, 0.3) is 22.3 Å². The van der Waals surface area contributed by atoms with Crippen LogP contribution in [0.5, 0.6) is 0 Å². The highest BCUT2D eigenvalue weighted by atomic mass is 79.9. The molecule has 0 spiro atoms. The molecule has 0 fully saturated rings. The molecule has 0 N–H and O–H groups in total. The van der Waals surface area contributed by atoms with Crippen LogP contribution >= 0.6 is 39.1 Å². The van der Waals surface area contributed by atoms with E-state index >= 15 is 0 Å². The molecule has 2 nitrogen and oxygen atoms in total. The number of halogens is 3. The maximum Gasteiger partial charge on any atom is 0.161 e. The zero-order valence-corrected chi connectivity index (χ0v) is 14.5. The first-order valence-corrected chi connectivity index (χ1v) is 7.90. The van der Waals surface area contributed by atoms with Gasteiger partial charge in [0.05, 0.1) is 5.52 Å². The highest BCUT2D eigenvalue weighted by Crippen LogP contribution is 2.31. The smallest absolute Gasteiger partial charge is 0.161 e. The van der Waals surface area contributed by atoms with Crippen LogP contribution in [0.4, 0.5) is 0 Å². The minimum atomic E-state index is 0.441. The summed E-state index contributed by atoms with van der Waals surface area (Å²) in [5, 5.41) is 1.97. The average Bonchev–Trinajstić information content (AvgIpc) is 2.43. The van der Waals surface area contributed by atoms with Crippen molar-refractivity contribution < 1.29 is 0 Å². The van der Waals surface area contributed by atoms with Gasteiger partial charge in [0.15, 0.2) is 5.82 Å². The molecule has 106 valence electrons. The minimum Gasteiger partial charge on any atom is -0.227 e. The lowest BCUT2D eigenvalue weighted by molar-refractivity contribution is 1.22. The molecular formula is C16H11BrCl2N2. The largest absolute Gasteiger partial charge is 0.227 e. The van der Waals surface area contributed by atoms with Crippen LogP contribution in [0.1, 0.15) is 11.1 Å². The van der Waals surface area contributed by atoms with Crippen molar-refractivity contribution in [2.75, 3.05) is 0 Å². The Kier molecular flexibility index (Phi) is 3.91. The third-order valence-electron chi connectivity index (χ3n) is 3.28. The predicted molar refractivity (Wildman–Crippen MR) is 92.2 cm³/mol. The molecule has 0 aliphatic rings. The molecule has 0 atom stereocenters. The molecule has 0 saturated heterocycles. The molecular weight excluding hydrogens is 371 g/mol. The van der Waals surface area contributed by atoms with E-state index in [2.05, 4.69) is 25.9 Å². The van der Waals surface area contributed by atoms with E-state index in [1.807, 2.05) is 44.2 Å². The Hall–Kier alpha value is -1.16. The molecule has 5 heteroatoms. The monoisotopic (exact) mass is 380 g/mol. The van der Waals surface area contributed by atoms with Gasteiger partial charge < -0.3 is 0 Å². The number of benzene rings is 2. The molecule has 21 heavy (non-hydrogen) atoms. The van der Waals surface area contributed by atoms with Crippen molar-refractivity contribution in [1.29, 1.82) is 0 Å². The number of aryl methyl sites for hydroxylation is 2. The van der Waals surface area contributed by atoms with Gasteiger partial charge in [-0.25, -0.2) is 9.97 Å². The zero-order chi connectivity index (χ0) is 15.1. The lowest BCUT2D eigenvalue weighted by Gasteiger charge is -2.08. The Morgan fingerprint density at radius 3 is 2.48 bits per heavy atom. The van der Waals surface area contributed by atoms with Gasteiger partial charge in [-0.05, 0) is 59.1 Å². The van der Waals surface area contributed by atoms with Crippen LogP contribution < -0.4 is 0 Å². The van der Waals surface area contributed by atoms with Crippen LogP contribution in [0.2, 0.25) is 10.2 Å². The van der Waals surface area contributed by atoms with Crippen LogP contribution in [0.3, 0.4) is 0 Å². The maximum atomic E-state index is 6.32. The average molecular weight is 382 g/mol. The van der Waals surface area contributed by atoms with Gasteiger partial charge in [-0.3, -0.25) is 0 Å². The second kappa shape index (κ2) is 5.56. The number of nitrogens with zero attached hydrogens (tertiary/aromatic N) is 2. The molecule has 0 aliphatic carbocycles. The Bertz CT molecular complexity index is 863. The summed E-state index contributed by atoms with van der Waals surface area (Å²) in [6, 6.07) is 9.74. The Morgan fingerprint density at radius 1 is 1.00 bits per heavy atom. The first-order chi connectivity index (χ1) is 9.95. The van der Waals surface area contributed by atoms with Gasteiger partial charge in [-0.1, -0.05) is 35.3 Å². The van der Waals surface area contributed by atoms with Crippen molar-refractivity contribution in [2.45, 2.75) is 13.8 Å². The standard InChI is InChI=1S/C16H11BrCl2N2/c1-8-5-11-14(12(17)6-8)20-16(21-15(11)19)10-4-3-9(2)13(18)7-10/h3-7H,1-2H3. The fraction of sp³-hybridized carbons (Fsp3) is 0.125. The maximum absolute atomic E-state index is 6.32. The van der Waals surface area contributed by atoms with Gasteiger partial charge in [0.1, 0.15) is 5.15 Å². The Labute approximate surface area is 141 Å². The Morgan fingerprint density at radius 2 is 1.76 bits per heavy atom. The first kappa shape index (κ1) is 14.8. The topological polar surface area (TPSA) is 25.8 Å². The SMILES string of the molecule is Cc1cc(Br)c2nc(-c3ccc(C)c(Cl)c3)nc(Cl)c2c1.